The summed E-state index contributed by atoms with van der Waals surface area (Å²) in [5, 5.41) is 0. The fourth-order valence-corrected chi connectivity index (χ4v) is 5.39. The zero-order chi connectivity index (χ0) is 17.5. The molecule has 0 aliphatic carbocycles. The molecule has 1 aliphatic heterocycles. The van der Waals surface area contributed by atoms with Crippen molar-refractivity contribution in [2.75, 3.05) is 6.61 Å². The number of hydrogen-bond acceptors (Lipinski definition) is 3. The van der Waals surface area contributed by atoms with Gasteiger partial charge in [0.1, 0.15) is 12.4 Å². The highest BCUT2D eigenvalue weighted by Gasteiger charge is 2.27. The van der Waals surface area contributed by atoms with Crippen LogP contribution in [0.5, 0.6) is 5.75 Å². The van der Waals surface area contributed by atoms with Crippen LogP contribution in [0.4, 0.5) is 0 Å². The van der Waals surface area contributed by atoms with Crippen molar-refractivity contribution < 1.29 is 13.2 Å². The predicted molar refractivity (Wildman–Crippen MR) is 98.1 cm³/mol. The Kier molecular flexibility index (Phi) is 4.73. The molecule has 1 heterocycles. The van der Waals surface area contributed by atoms with Crippen LogP contribution in [0.1, 0.15) is 22.3 Å². The van der Waals surface area contributed by atoms with E-state index in [4.69, 9.17) is 4.74 Å². The molecule has 0 unspecified atom stereocenters. The molecule has 0 fully saturated rings. The number of benzene rings is 2. The highest BCUT2D eigenvalue weighted by atomic mass is 79.9. The lowest BCUT2D eigenvalue weighted by molar-refractivity contribution is 0.254. The summed E-state index contributed by atoms with van der Waals surface area (Å²) < 4.78 is 35.2. The minimum Gasteiger partial charge on any atom is -0.492 e. The van der Waals surface area contributed by atoms with Crippen LogP contribution in [0.25, 0.3) is 0 Å². The Morgan fingerprint density at radius 1 is 1.12 bits per heavy atom. The van der Waals surface area contributed by atoms with Crippen LogP contribution in [-0.2, 0) is 16.4 Å². The fraction of sp³-hybridized carbons (Fsp3) is 0.333. The van der Waals surface area contributed by atoms with E-state index >= 15 is 0 Å². The molecule has 1 atom stereocenters. The number of ether oxygens (including phenoxy) is 1. The quantitative estimate of drug-likeness (QED) is 0.841. The van der Waals surface area contributed by atoms with Crippen molar-refractivity contribution in [3.63, 3.8) is 0 Å². The van der Waals surface area contributed by atoms with Crippen LogP contribution in [-0.4, -0.2) is 21.1 Å². The van der Waals surface area contributed by atoms with Crippen LogP contribution >= 0.6 is 15.9 Å². The number of hydrogen-bond donors (Lipinski definition) is 1. The van der Waals surface area contributed by atoms with Crippen molar-refractivity contribution in [3.05, 3.63) is 57.1 Å². The maximum absolute atomic E-state index is 12.9. The van der Waals surface area contributed by atoms with Gasteiger partial charge < -0.3 is 4.74 Å². The Morgan fingerprint density at radius 3 is 2.46 bits per heavy atom. The molecule has 0 spiro atoms. The van der Waals surface area contributed by atoms with Gasteiger partial charge >= 0.3 is 0 Å². The molecule has 128 valence electrons. The van der Waals surface area contributed by atoms with E-state index in [-0.39, 0.29) is 6.04 Å². The Balaban J connectivity index is 1.86. The molecule has 24 heavy (non-hydrogen) atoms. The van der Waals surface area contributed by atoms with Gasteiger partial charge in [-0.25, -0.2) is 13.1 Å². The molecule has 0 saturated heterocycles. The summed E-state index contributed by atoms with van der Waals surface area (Å²) in [4.78, 5) is 0.369. The van der Waals surface area contributed by atoms with Crippen molar-refractivity contribution in [2.45, 2.75) is 38.1 Å². The molecule has 3 rings (SSSR count). The number of fused-ring (bicyclic) bond motifs is 1. The number of nitrogens with one attached hydrogen (secondary N) is 1. The molecule has 1 N–H and O–H groups in total. The van der Waals surface area contributed by atoms with Crippen LogP contribution in [0, 0.1) is 20.8 Å². The zero-order valence-electron chi connectivity index (χ0n) is 13.9. The van der Waals surface area contributed by atoms with E-state index in [2.05, 4.69) is 20.7 Å². The molecule has 4 nitrogen and oxygen atoms in total. The number of sulfonamides is 1. The van der Waals surface area contributed by atoms with Gasteiger partial charge in [0.25, 0.3) is 0 Å². The molecule has 0 aromatic heterocycles. The highest BCUT2D eigenvalue weighted by molar-refractivity contribution is 9.10. The Morgan fingerprint density at radius 2 is 1.79 bits per heavy atom. The predicted octanol–water partition coefficient (Wildman–Crippen LogP) is 3.66. The molecule has 0 radical (unpaired) electrons. The smallest absolute Gasteiger partial charge is 0.241 e. The van der Waals surface area contributed by atoms with E-state index in [1.54, 1.807) is 0 Å². The second-order valence-electron chi connectivity index (χ2n) is 6.31. The molecule has 6 heteroatoms. The molecule has 0 bridgehead atoms. The van der Waals surface area contributed by atoms with Gasteiger partial charge in [-0.2, -0.15) is 0 Å². The van der Waals surface area contributed by atoms with Gasteiger partial charge in [0.2, 0.25) is 10.0 Å². The molecular formula is C18H20BrNO3S. The summed E-state index contributed by atoms with van der Waals surface area (Å²) in [6.45, 7) is 5.96. The third-order valence-corrected chi connectivity index (χ3v) is 6.44. The Labute approximate surface area is 151 Å². The third kappa shape index (κ3) is 3.50. The topological polar surface area (TPSA) is 55.4 Å². The average Bonchev–Trinajstić information content (AvgIpc) is 2.44. The minimum atomic E-state index is -3.59. The van der Waals surface area contributed by atoms with Crippen molar-refractivity contribution in [2.24, 2.45) is 0 Å². The second kappa shape index (κ2) is 6.50. The largest absolute Gasteiger partial charge is 0.492 e. The normalized spacial score (nSPS) is 17.2. The first kappa shape index (κ1) is 17.5. The number of rotatable bonds is 3. The van der Waals surface area contributed by atoms with Crippen molar-refractivity contribution in [3.8, 4) is 5.75 Å². The van der Waals surface area contributed by atoms with E-state index in [0.29, 0.717) is 17.9 Å². The van der Waals surface area contributed by atoms with E-state index in [1.165, 1.54) is 0 Å². The zero-order valence-corrected chi connectivity index (χ0v) is 16.3. The van der Waals surface area contributed by atoms with Crippen LogP contribution < -0.4 is 9.46 Å². The summed E-state index contributed by atoms with van der Waals surface area (Å²) in [6, 6.07) is 9.30. The lowest BCUT2D eigenvalue weighted by Gasteiger charge is -2.26. The first-order chi connectivity index (χ1) is 11.3. The van der Waals surface area contributed by atoms with E-state index < -0.39 is 10.0 Å². The van der Waals surface area contributed by atoms with Gasteiger partial charge in [-0.15, -0.1) is 0 Å². The molecular weight excluding hydrogens is 390 g/mol. The molecule has 1 aliphatic rings. The van der Waals surface area contributed by atoms with Gasteiger partial charge in [-0.3, -0.25) is 0 Å². The van der Waals surface area contributed by atoms with Crippen molar-refractivity contribution in [1.82, 2.24) is 4.72 Å². The summed E-state index contributed by atoms with van der Waals surface area (Å²) in [6.07, 6.45) is 0.609. The SMILES string of the molecule is Cc1cc(C)c(S(=O)(=O)N[C@H]2COc3ccc(Br)cc3C2)c(C)c1. The first-order valence-electron chi connectivity index (χ1n) is 7.77. The first-order valence-corrected chi connectivity index (χ1v) is 10.1. The monoisotopic (exact) mass is 409 g/mol. The van der Waals surface area contributed by atoms with E-state index in [0.717, 1.165) is 32.5 Å². The van der Waals surface area contributed by atoms with E-state index in [9.17, 15) is 8.42 Å². The van der Waals surface area contributed by atoms with E-state index in [1.807, 2.05) is 51.1 Å². The molecule has 0 amide bonds. The number of halogens is 1. The third-order valence-electron chi connectivity index (χ3n) is 4.12. The van der Waals surface area contributed by atoms with Gasteiger partial charge in [0, 0.05) is 4.47 Å². The highest BCUT2D eigenvalue weighted by Crippen LogP contribution is 2.29. The summed E-state index contributed by atoms with van der Waals surface area (Å²) in [7, 11) is -3.59. The molecule has 2 aromatic rings. The fourth-order valence-electron chi connectivity index (χ4n) is 3.31. The van der Waals surface area contributed by atoms with Gasteiger partial charge in [-0.05, 0) is 62.1 Å². The Hall–Kier alpha value is -1.37. The van der Waals surface area contributed by atoms with Gasteiger partial charge in [0.15, 0.2) is 0 Å². The summed E-state index contributed by atoms with van der Waals surface area (Å²) >= 11 is 3.44. The molecule has 2 aromatic carbocycles. The lowest BCUT2D eigenvalue weighted by Crippen LogP contribution is -2.43. The Bertz CT molecular complexity index is 870. The average molecular weight is 410 g/mol. The van der Waals surface area contributed by atoms with Crippen molar-refractivity contribution in [1.29, 1.82) is 0 Å². The standard InChI is InChI=1S/C18H20BrNO3S/c1-11-6-12(2)18(13(3)7-11)24(21,22)20-16-9-14-8-15(19)4-5-17(14)23-10-16/h4-8,16,20H,9-10H2,1-3H3/t16-/m1/s1. The number of aryl methyl sites for hydroxylation is 3. The maximum Gasteiger partial charge on any atom is 0.241 e. The van der Waals surface area contributed by atoms with Crippen LogP contribution in [0.3, 0.4) is 0 Å². The van der Waals surface area contributed by atoms with Crippen LogP contribution in [0.2, 0.25) is 0 Å². The maximum atomic E-state index is 12.9. The van der Waals surface area contributed by atoms with Gasteiger partial charge in [0.05, 0.1) is 10.9 Å². The second-order valence-corrected chi connectivity index (χ2v) is 8.88. The van der Waals surface area contributed by atoms with Crippen molar-refractivity contribution >= 4 is 26.0 Å². The van der Waals surface area contributed by atoms with Crippen LogP contribution in [0.15, 0.2) is 39.7 Å². The summed E-state index contributed by atoms with van der Waals surface area (Å²) in [5.41, 5.74) is 3.59. The minimum absolute atomic E-state index is 0.281. The van der Waals surface area contributed by atoms with Gasteiger partial charge in [-0.1, -0.05) is 33.6 Å². The molecule has 0 saturated carbocycles. The lowest BCUT2D eigenvalue weighted by atomic mass is 10.0. The summed E-state index contributed by atoms with van der Waals surface area (Å²) in [5.74, 6) is 0.816.